The Labute approximate surface area is 86.4 Å². The van der Waals surface area contributed by atoms with Crippen LogP contribution in [0.2, 0.25) is 0 Å². The molecule has 1 rings (SSSR count). The summed E-state index contributed by atoms with van der Waals surface area (Å²) in [4.78, 5) is 15.2. The number of nitrogens with zero attached hydrogens (tertiary/aromatic N) is 3. The Morgan fingerprint density at radius 1 is 1.79 bits per heavy atom. The van der Waals surface area contributed by atoms with Gasteiger partial charge in [0.1, 0.15) is 5.56 Å². The van der Waals surface area contributed by atoms with Gasteiger partial charge in [0.05, 0.1) is 13.3 Å². The minimum absolute atomic E-state index is 0.322. The standard InChI is InChI=1S/C8H9N3O2S/c1-11-7(9-3-4-14)6(5-10-11)8(12)13-2/h3-5H,1-2H3. The molecule has 1 heterocycles. The largest absolute Gasteiger partial charge is 0.465 e. The summed E-state index contributed by atoms with van der Waals surface area (Å²) in [5.74, 6) is -0.0347. The molecule has 0 radical (unpaired) electrons. The van der Waals surface area contributed by atoms with Crippen molar-refractivity contribution in [3.63, 3.8) is 0 Å². The average molecular weight is 211 g/mol. The summed E-state index contributed by atoms with van der Waals surface area (Å²) >= 11 is 4.59. The van der Waals surface area contributed by atoms with Gasteiger partial charge in [-0.25, -0.2) is 9.79 Å². The lowest BCUT2D eigenvalue weighted by molar-refractivity contribution is 0.0601. The minimum atomic E-state index is -0.463. The molecule has 0 aromatic carbocycles. The van der Waals surface area contributed by atoms with E-state index in [0.29, 0.717) is 11.4 Å². The molecule has 0 saturated carbocycles. The van der Waals surface area contributed by atoms with E-state index in [0.717, 1.165) is 0 Å². The molecule has 0 atom stereocenters. The molecule has 0 aliphatic carbocycles. The fraction of sp³-hybridized carbons (Fsp3) is 0.250. The van der Waals surface area contributed by atoms with Crippen LogP contribution >= 0.6 is 12.2 Å². The molecule has 0 spiro atoms. The molecule has 0 aliphatic heterocycles. The molecule has 5 nitrogen and oxygen atoms in total. The summed E-state index contributed by atoms with van der Waals surface area (Å²) < 4.78 is 6.04. The van der Waals surface area contributed by atoms with Crippen molar-refractivity contribution in [1.29, 1.82) is 0 Å². The zero-order chi connectivity index (χ0) is 10.6. The zero-order valence-corrected chi connectivity index (χ0v) is 8.61. The first-order valence-corrected chi connectivity index (χ1v) is 4.26. The minimum Gasteiger partial charge on any atom is -0.465 e. The van der Waals surface area contributed by atoms with E-state index in [2.05, 4.69) is 27.0 Å². The van der Waals surface area contributed by atoms with Crippen LogP contribution < -0.4 is 0 Å². The molecule has 6 heteroatoms. The molecule has 74 valence electrons. The van der Waals surface area contributed by atoms with Crippen molar-refractivity contribution < 1.29 is 9.53 Å². The third-order valence-electron chi connectivity index (χ3n) is 1.57. The van der Waals surface area contributed by atoms with Crippen LogP contribution in [0.4, 0.5) is 5.82 Å². The van der Waals surface area contributed by atoms with Gasteiger partial charge in [0.25, 0.3) is 0 Å². The maximum Gasteiger partial charge on any atom is 0.343 e. The second kappa shape index (κ2) is 4.61. The molecular weight excluding hydrogens is 202 g/mol. The lowest BCUT2D eigenvalue weighted by Crippen LogP contribution is -2.00. The highest BCUT2D eigenvalue weighted by molar-refractivity contribution is 7.80. The third kappa shape index (κ3) is 2.02. The van der Waals surface area contributed by atoms with Gasteiger partial charge in [0, 0.05) is 18.6 Å². The number of carbonyl (C=O) groups excluding carboxylic acids is 1. The fourth-order valence-corrected chi connectivity index (χ4v) is 1.00. The van der Waals surface area contributed by atoms with Gasteiger partial charge >= 0.3 is 5.97 Å². The highest BCUT2D eigenvalue weighted by atomic mass is 32.1. The van der Waals surface area contributed by atoms with Gasteiger partial charge in [-0.2, -0.15) is 5.10 Å². The monoisotopic (exact) mass is 211 g/mol. The van der Waals surface area contributed by atoms with Crippen LogP contribution in [0.3, 0.4) is 0 Å². The smallest absolute Gasteiger partial charge is 0.343 e. The molecule has 1 aromatic rings. The van der Waals surface area contributed by atoms with Gasteiger partial charge in [-0.3, -0.25) is 4.68 Å². The molecule has 0 aliphatic rings. The Hall–Kier alpha value is -1.56. The molecule has 0 N–H and O–H groups in total. The SMILES string of the molecule is COC(=O)c1cnn(C)c1N=CC=S. The van der Waals surface area contributed by atoms with Crippen LogP contribution in [0.25, 0.3) is 0 Å². The summed E-state index contributed by atoms with van der Waals surface area (Å²) in [6, 6.07) is 0. The summed E-state index contributed by atoms with van der Waals surface area (Å²) in [5, 5.41) is 5.25. The Morgan fingerprint density at radius 3 is 3.07 bits per heavy atom. The van der Waals surface area contributed by atoms with Gasteiger partial charge < -0.3 is 4.74 Å². The van der Waals surface area contributed by atoms with Crippen molar-refractivity contribution >= 4 is 35.6 Å². The first kappa shape index (κ1) is 10.5. The number of carbonyl (C=O) groups is 1. The van der Waals surface area contributed by atoms with E-state index in [1.165, 1.54) is 29.6 Å². The summed E-state index contributed by atoms with van der Waals surface area (Å²) in [5.41, 5.74) is 0.322. The van der Waals surface area contributed by atoms with Crippen molar-refractivity contribution in [3.8, 4) is 0 Å². The molecule has 14 heavy (non-hydrogen) atoms. The first-order valence-electron chi connectivity index (χ1n) is 3.79. The number of hydrogen-bond acceptors (Lipinski definition) is 5. The van der Waals surface area contributed by atoms with E-state index in [9.17, 15) is 4.79 Å². The first-order chi connectivity index (χ1) is 6.70. The Bertz CT molecular complexity index is 384. The highest BCUT2D eigenvalue weighted by Crippen LogP contribution is 2.17. The lowest BCUT2D eigenvalue weighted by Gasteiger charge is -1.97. The maximum absolute atomic E-state index is 11.2. The van der Waals surface area contributed by atoms with Gasteiger partial charge in [-0.05, 0) is 0 Å². The second-order valence-electron chi connectivity index (χ2n) is 2.41. The number of methoxy groups -OCH3 is 1. The van der Waals surface area contributed by atoms with E-state index >= 15 is 0 Å². The van der Waals surface area contributed by atoms with Gasteiger partial charge in [0.15, 0.2) is 5.82 Å². The van der Waals surface area contributed by atoms with E-state index in [4.69, 9.17) is 0 Å². The number of rotatable bonds is 3. The summed E-state index contributed by atoms with van der Waals surface area (Å²) in [6.07, 6.45) is 2.82. The number of esters is 1. The molecule has 0 saturated heterocycles. The Morgan fingerprint density at radius 2 is 2.50 bits per heavy atom. The van der Waals surface area contributed by atoms with Crippen molar-refractivity contribution in [2.45, 2.75) is 0 Å². The molecule has 0 bridgehead atoms. The van der Waals surface area contributed by atoms with Crippen LogP contribution in [-0.2, 0) is 11.8 Å². The predicted molar refractivity (Wildman–Crippen MR) is 56.4 cm³/mol. The number of aryl methyl sites for hydroxylation is 1. The number of thiocarbonyl (C=S) groups is 1. The maximum atomic E-state index is 11.2. The van der Waals surface area contributed by atoms with E-state index in [-0.39, 0.29) is 0 Å². The topological polar surface area (TPSA) is 56.5 Å². The zero-order valence-electron chi connectivity index (χ0n) is 7.80. The van der Waals surface area contributed by atoms with Gasteiger partial charge in [-0.15, -0.1) is 0 Å². The van der Waals surface area contributed by atoms with E-state index in [1.54, 1.807) is 7.05 Å². The summed E-state index contributed by atoms with van der Waals surface area (Å²) in [6.45, 7) is 0. The molecule has 0 unspecified atom stereocenters. The fourth-order valence-electron chi connectivity index (χ4n) is 0.939. The van der Waals surface area contributed by atoms with Crippen LogP contribution in [0.5, 0.6) is 0 Å². The Kier molecular flexibility index (Phi) is 3.47. The molecular formula is C8H9N3O2S. The number of ether oxygens (including phenoxy) is 1. The van der Waals surface area contributed by atoms with Crippen LogP contribution in [0.1, 0.15) is 10.4 Å². The normalized spacial score (nSPS) is 10.4. The Balaban J connectivity index is 3.11. The molecule has 0 amide bonds. The number of aliphatic imine (C=N–C) groups is 1. The molecule has 0 fully saturated rings. The number of aromatic nitrogens is 2. The van der Waals surface area contributed by atoms with Crippen molar-refractivity contribution in [2.75, 3.05) is 7.11 Å². The quantitative estimate of drug-likeness (QED) is 0.423. The number of hydrogen-bond donors (Lipinski definition) is 0. The van der Waals surface area contributed by atoms with Gasteiger partial charge in [-0.1, -0.05) is 12.2 Å². The van der Waals surface area contributed by atoms with Gasteiger partial charge in [0.2, 0.25) is 0 Å². The van der Waals surface area contributed by atoms with Crippen LogP contribution in [-0.4, -0.2) is 34.4 Å². The van der Waals surface area contributed by atoms with Crippen molar-refractivity contribution in [3.05, 3.63) is 11.8 Å². The molecule has 1 aromatic heterocycles. The second-order valence-corrected chi connectivity index (χ2v) is 2.68. The van der Waals surface area contributed by atoms with Crippen LogP contribution in [0.15, 0.2) is 11.2 Å². The van der Waals surface area contributed by atoms with Crippen molar-refractivity contribution in [2.24, 2.45) is 12.0 Å². The van der Waals surface area contributed by atoms with E-state index in [1.807, 2.05) is 0 Å². The van der Waals surface area contributed by atoms with Crippen molar-refractivity contribution in [1.82, 2.24) is 9.78 Å². The summed E-state index contributed by atoms with van der Waals surface area (Å²) in [7, 11) is 2.99. The third-order valence-corrected chi connectivity index (χ3v) is 1.69. The average Bonchev–Trinajstić information content (AvgIpc) is 2.56. The highest BCUT2D eigenvalue weighted by Gasteiger charge is 2.15. The van der Waals surface area contributed by atoms with E-state index < -0.39 is 5.97 Å². The lowest BCUT2D eigenvalue weighted by atomic mass is 10.3. The predicted octanol–water partition coefficient (Wildman–Crippen LogP) is 0.909. The van der Waals surface area contributed by atoms with Crippen LogP contribution in [0, 0.1) is 0 Å².